The minimum Gasteiger partial charge on any atom is -0.495 e. The lowest BCUT2D eigenvalue weighted by Crippen LogP contribution is -2.46. The predicted octanol–water partition coefficient (Wildman–Crippen LogP) is 2.22. The van der Waals surface area contributed by atoms with Gasteiger partial charge in [-0.1, -0.05) is 0 Å². The van der Waals surface area contributed by atoms with E-state index in [0.717, 1.165) is 12.8 Å². The molecule has 0 bridgehead atoms. The molecular formula is C15H22N2O4. The monoisotopic (exact) mass is 294 g/mol. The molecule has 2 unspecified atom stereocenters. The number of carboxylic acid groups (broad SMARTS) is 1. The molecular weight excluding hydrogens is 272 g/mol. The summed E-state index contributed by atoms with van der Waals surface area (Å²) in [5.74, 6) is 0.591. The smallest absolute Gasteiger partial charge is 0.407 e. The number of hydrogen-bond donors (Lipinski definition) is 2. The molecule has 1 aromatic rings. The van der Waals surface area contributed by atoms with E-state index in [1.54, 1.807) is 25.6 Å². The third-order valence-corrected chi connectivity index (χ3v) is 4.21. The molecule has 1 aromatic heterocycles. The molecule has 2 N–H and O–H groups in total. The van der Waals surface area contributed by atoms with Crippen molar-refractivity contribution in [1.82, 2.24) is 9.88 Å². The van der Waals surface area contributed by atoms with E-state index in [0.29, 0.717) is 30.7 Å². The van der Waals surface area contributed by atoms with E-state index in [9.17, 15) is 15.0 Å². The van der Waals surface area contributed by atoms with E-state index in [4.69, 9.17) is 4.74 Å². The minimum absolute atomic E-state index is 0.169. The predicted molar refractivity (Wildman–Crippen MR) is 77.3 cm³/mol. The number of aromatic nitrogens is 1. The third-order valence-electron chi connectivity index (χ3n) is 4.21. The standard InChI is InChI=1S/C15H22N2O4/c1-3-17(14(18)19)12-5-4-6-15(20,8-12)11-7-13(21-2)10-16-9-11/h7,9-10,12,20H,3-6,8H2,1-2H3,(H,18,19). The molecule has 116 valence electrons. The van der Waals surface area contributed by atoms with Gasteiger partial charge in [-0.05, 0) is 32.3 Å². The fraction of sp³-hybridized carbons (Fsp3) is 0.600. The number of rotatable bonds is 4. The van der Waals surface area contributed by atoms with E-state index >= 15 is 0 Å². The lowest BCUT2D eigenvalue weighted by molar-refractivity contribution is -0.0315. The van der Waals surface area contributed by atoms with Crippen LogP contribution in [0.4, 0.5) is 4.79 Å². The number of amides is 1. The van der Waals surface area contributed by atoms with Gasteiger partial charge in [-0.15, -0.1) is 0 Å². The van der Waals surface area contributed by atoms with Crippen LogP contribution in [0.3, 0.4) is 0 Å². The zero-order valence-corrected chi connectivity index (χ0v) is 12.5. The Morgan fingerprint density at radius 3 is 2.95 bits per heavy atom. The molecule has 1 heterocycles. The summed E-state index contributed by atoms with van der Waals surface area (Å²) in [5.41, 5.74) is -0.360. The SMILES string of the molecule is CCN(C(=O)O)C1CCCC(O)(c2cncc(OC)c2)C1. The molecule has 21 heavy (non-hydrogen) atoms. The molecule has 2 rings (SSSR count). The van der Waals surface area contributed by atoms with Crippen LogP contribution in [-0.2, 0) is 5.60 Å². The van der Waals surface area contributed by atoms with Crippen LogP contribution in [0.15, 0.2) is 18.5 Å². The van der Waals surface area contributed by atoms with E-state index in [1.807, 2.05) is 6.92 Å². The summed E-state index contributed by atoms with van der Waals surface area (Å²) in [4.78, 5) is 16.8. The first-order chi connectivity index (χ1) is 10.00. The molecule has 0 spiro atoms. The quantitative estimate of drug-likeness (QED) is 0.889. The zero-order chi connectivity index (χ0) is 15.5. The Morgan fingerprint density at radius 1 is 1.57 bits per heavy atom. The summed E-state index contributed by atoms with van der Waals surface area (Å²) >= 11 is 0. The topological polar surface area (TPSA) is 82.9 Å². The van der Waals surface area contributed by atoms with Crippen molar-refractivity contribution in [2.24, 2.45) is 0 Å². The molecule has 0 aromatic carbocycles. The van der Waals surface area contributed by atoms with Crippen LogP contribution in [0.25, 0.3) is 0 Å². The van der Waals surface area contributed by atoms with Crippen molar-refractivity contribution in [1.29, 1.82) is 0 Å². The highest BCUT2D eigenvalue weighted by Gasteiger charge is 2.39. The average molecular weight is 294 g/mol. The molecule has 1 amide bonds. The van der Waals surface area contributed by atoms with Crippen LogP contribution in [0.1, 0.15) is 38.2 Å². The van der Waals surface area contributed by atoms with Crippen molar-refractivity contribution in [2.45, 2.75) is 44.2 Å². The third kappa shape index (κ3) is 3.26. The van der Waals surface area contributed by atoms with Crippen molar-refractivity contribution in [3.8, 4) is 5.75 Å². The second-order valence-corrected chi connectivity index (χ2v) is 5.46. The number of hydrogen-bond acceptors (Lipinski definition) is 4. The Morgan fingerprint density at radius 2 is 2.33 bits per heavy atom. The largest absolute Gasteiger partial charge is 0.495 e. The minimum atomic E-state index is -1.05. The summed E-state index contributed by atoms with van der Waals surface area (Å²) in [6, 6.07) is 1.60. The second-order valence-electron chi connectivity index (χ2n) is 5.46. The maximum Gasteiger partial charge on any atom is 0.407 e. The number of nitrogens with zero attached hydrogens (tertiary/aromatic N) is 2. The first-order valence-electron chi connectivity index (χ1n) is 7.21. The summed E-state index contributed by atoms with van der Waals surface area (Å²) in [5, 5.41) is 20.2. The van der Waals surface area contributed by atoms with Crippen molar-refractivity contribution in [3.05, 3.63) is 24.0 Å². The van der Waals surface area contributed by atoms with Gasteiger partial charge in [-0.25, -0.2) is 4.79 Å². The highest BCUT2D eigenvalue weighted by Crippen LogP contribution is 2.39. The summed E-state index contributed by atoms with van der Waals surface area (Å²) < 4.78 is 5.15. The van der Waals surface area contributed by atoms with Gasteiger partial charge in [0.05, 0.1) is 18.9 Å². The van der Waals surface area contributed by atoms with E-state index in [2.05, 4.69) is 4.98 Å². The van der Waals surface area contributed by atoms with Gasteiger partial charge in [0, 0.05) is 30.8 Å². The van der Waals surface area contributed by atoms with Crippen molar-refractivity contribution in [3.63, 3.8) is 0 Å². The number of pyridine rings is 1. The Bertz CT molecular complexity index is 508. The summed E-state index contributed by atoms with van der Waals surface area (Å²) in [6.45, 7) is 2.24. The van der Waals surface area contributed by atoms with Gasteiger partial charge in [0.25, 0.3) is 0 Å². The van der Waals surface area contributed by atoms with Gasteiger partial charge in [0.2, 0.25) is 0 Å². The highest BCUT2D eigenvalue weighted by molar-refractivity contribution is 5.65. The van der Waals surface area contributed by atoms with Gasteiger partial charge in [-0.2, -0.15) is 0 Å². The number of aliphatic hydroxyl groups is 1. The molecule has 0 aliphatic heterocycles. The van der Waals surface area contributed by atoms with Crippen LogP contribution in [0.2, 0.25) is 0 Å². The number of ether oxygens (including phenoxy) is 1. The van der Waals surface area contributed by atoms with E-state index < -0.39 is 11.7 Å². The molecule has 6 heteroatoms. The lowest BCUT2D eigenvalue weighted by atomic mass is 9.77. The maximum absolute atomic E-state index is 11.3. The fourth-order valence-corrected chi connectivity index (χ4v) is 3.09. The molecule has 0 radical (unpaired) electrons. The summed E-state index contributed by atoms with van der Waals surface area (Å²) in [6.07, 6.45) is 4.83. The zero-order valence-electron chi connectivity index (χ0n) is 12.5. The Labute approximate surface area is 124 Å². The van der Waals surface area contributed by atoms with Crippen LogP contribution >= 0.6 is 0 Å². The highest BCUT2D eigenvalue weighted by atomic mass is 16.5. The maximum atomic E-state index is 11.3. The molecule has 2 atom stereocenters. The molecule has 0 saturated heterocycles. The Kier molecular flexibility index (Phi) is 4.67. The van der Waals surface area contributed by atoms with Gasteiger partial charge in [-0.3, -0.25) is 4.98 Å². The lowest BCUT2D eigenvalue weighted by Gasteiger charge is -2.40. The second kappa shape index (κ2) is 6.30. The number of carbonyl (C=O) groups is 1. The first-order valence-corrected chi connectivity index (χ1v) is 7.21. The van der Waals surface area contributed by atoms with Gasteiger partial charge < -0.3 is 19.8 Å². The molecule has 1 aliphatic rings. The Balaban J connectivity index is 2.23. The average Bonchev–Trinajstić information content (AvgIpc) is 2.48. The Hall–Kier alpha value is -1.82. The fourth-order valence-electron chi connectivity index (χ4n) is 3.09. The van der Waals surface area contributed by atoms with Crippen LogP contribution in [0, 0.1) is 0 Å². The van der Waals surface area contributed by atoms with Crippen molar-refractivity contribution in [2.75, 3.05) is 13.7 Å². The van der Waals surface area contributed by atoms with Crippen LogP contribution in [0.5, 0.6) is 5.75 Å². The molecule has 1 aliphatic carbocycles. The molecule has 6 nitrogen and oxygen atoms in total. The van der Waals surface area contributed by atoms with Gasteiger partial charge in [0.15, 0.2) is 0 Å². The first kappa shape index (κ1) is 15.6. The van der Waals surface area contributed by atoms with Crippen LogP contribution < -0.4 is 4.74 Å². The summed E-state index contributed by atoms with van der Waals surface area (Å²) in [7, 11) is 1.55. The van der Waals surface area contributed by atoms with Crippen LogP contribution in [-0.4, -0.2) is 45.9 Å². The number of methoxy groups -OCH3 is 1. The normalized spacial score (nSPS) is 25.4. The van der Waals surface area contributed by atoms with Gasteiger partial charge >= 0.3 is 6.09 Å². The van der Waals surface area contributed by atoms with Crippen molar-refractivity contribution >= 4 is 6.09 Å². The van der Waals surface area contributed by atoms with E-state index in [-0.39, 0.29) is 6.04 Å². The van der Waals surface area contributed by atoms with Crippen molar-refractivity contribution < 1.29 is 19.7 Å². The molecule has 1 saturated carbocycles. The van der Waals surface area contributed by atoms with E-state index in [1.165, 1.54) is 4.90 Å². The van der Waals surface area contributed by atoms with Gasteiger partial charge in [0.1, 0.15) is 5.75 Å². The molecule has 1 fully saturated rings.